The monoisotopic (exact) mass is 501 g/mol. The van der Waals surface area contributed by atoms with E-state index in [0.29, 0.717) is 6.04 Å². The number of nitrogens with one attached hydrogen (secondary N) is 1. The third-order valence-electron chi connectivity index (χ3n) is 7.89. The molecule has 4 aliphatic rings. The van der Waals surface area contributed by atoms with Crippen LogP contribution >= 0.6 is 0 Å². The Bertz CT molecular complexity index is 1280. The van der Waals surface area contributed by atoms with Gasteiger partial charge in [0, 0.05) is 35.2 Å². The Morgan fingerprint density at radius 1 is 1.25 bits per heavy atom. The summed E-state index contributed by atoms with van der Waals surface area (Å²) in [6.07, 6.45) is 1.82. The molecular weight excluding hydrogens is 473 g/mol. The Morgan fingerprint density at radius 3 is 2.50 bits per heavy atom. The van der Waals surface area contributed by atoms with Crippen LogP contribution in [0.3, 0.4) is 0 Å². The van der Waals surface area contributed by atoms with E-state index in [9.17, 15) is 34.8 Å². The van der Waals surface area contributed by atoms with Crippen LogP contribution in [0.15, 0.2) is 23.0 Å². The highest BCUT2D eigenvalue weighted by molar-refractivity contribution is 6.24. The topological polar surface area (TPSA) is 173 Å². The minimum absolute atomic E-state index is 0.0354. The van der Waals surface area contributed by atoms with Crippen LogP contribution in [0.25, 0.3) is 5.76 Å². The number of halogens is 1. The van der Waals surface area contributed by atoms with Gasteiger partial charge in [0.05, 0.1) is 11.6 Å². The maximum atomic E-state index is 15.5. The third-order valence-corrected chi connectivity index (χ3v) is 7.89. The molecule has 0 heterocycles. The van der Waals surface area contributed by atoms with E-state index in [1.807, 2.05) is 0 Å². The number of amides is 1. The number of aliphatic hydroxyl groups is 3. The number of likely N-dealkylation sites (N-methyl/N-ethyl adjacent to an activating group) is 1. The van der Waals surface area contributed by atoms with Gasteiger partial charge in [0.25, 0.3) is 5.91 Å². The molecule has 11 heteroatoms. The summed E-state index contributed by atoms with van der Waals surface area (Å²) in [6.45, 7) is 0.187. The molecule has 10 nitrogen and oxygen atoms in total. The van der Waals surface area contributed by atoms with Gasteiger partial charge >= 0.3 is 0 Å². The summed E-state index contributed by atoms with van der Waals surface area (Å²) in [7, 11) is 3.04. The number of carbonyl (C=O) groups excluding carboxylic acids is 3. The molecule has 1 aromatic carbocycles. The quantitative estimate of drug-likeness (QED) is 0.311. The highest BCUT2D eigenvalue weighted by Crippen LogP contribution is 2.53. The summed E-state index contributed by atoms with van der Waals surface area (Å²) in [4.78, 5) is 40.2. The maximum absolute atomic E-state index is 15.5. The second kappa shape index (κ2) is 8.12. The zero-order valence-corrected chi connectivity index (χ0v) is 19.8. The number of ketones is 2. The van der Waals surface area contributed by atoms with E-state index in [1.54, 1.807) is 0 Å². The van der Waals surface area contributed by atoms with E-state index in [4.69, 9.17) is 5.73 Å². The molecule has 5 rings (SSSR count). The minimum atomic E-state index is -2.72. The number of phenols is 1. The van der Waals surface area contributed by atoms with Crippen molar-refractivity contribution in [3.63, 3.8) is 0 Å². The first kappa shape index (κ1) is 24.4. The predicted octanol–water partition coefficient (Wildman–Crippen LogP) is 0.355. The third kappa shape index (κ3) is 3.30. The molecule has 192 valence electrons. The van der Waals surface area contributed by atoms with Crippen LogP contribution in [-0.4, -0.2) is 74.6 Å². The molecule has 36 heavy (non-hydrogen) atoms. The molecule has 0 bridgehead atoms. The van der Waals surface area contributed by atoms with Gasteiger partial charge in [-0.2, -0.15) is 0 Å². The number of Topliss-reactive ketones (excluding diaryl/α,β-unsaturated/α-hetero) is 2. The van der Waals surface area contributed by atoms with Gasteiger partial charge in [-0.15, -0.1) is 0 Å². The van der Waals surface area contributed by atoms with Crippen molar-refractivity contribution >= 4 is 23.2 Å². The molecule has 0 aliphatic heterocycles. The number of aromatic hydroxyl groups is 1. The number of fused-ring (bicyclic) bond motifs is 3. The Balaban J connectivity index is 1.66. The Labute approximate surface area is 205 Å². The molecule has 4 atom stereocenters. The second-order valence-electron chi connectivity index (χ2n) is 10.3. The molecule has 7 N–H and O–H groups in total. The Kier molecular flexibility index (Phi) is 5.51. The first-order valence-corrected chi connectivity index (χ1v) is 11.8. The first-order valence-electron chi connectivity index (χ1n) is 11.8. The number of nitrogens with two attached hydrogens (primary N) is 1. The number of nitrogens with zero attached hydrogens (tertiary/aromatic N) is 1. The first-order chi connectivity index (χ1) is 16.9. The van der Waals surface area contributed by atoms with Crippen molar-refractivity contribution in [1.82, 2.24) is 10.2 Å². The SMILES string of the molecule is CN(C)[C@@H]1C(=O)C(C(N)=O)=C(O)[C@@]2(O)C(=O)C3=C(O)c4c(O)cc(CNC5CC5)c(F)c4C[C@H]3C[C@@H]12. The molecule has 0 aromatic heterocycles. The van der Waals surface area contributed by atoms with Crippen LogP contribution in [0.2, 0.25) is 0 Å². The predicted molar refractivity (Wildman–Crippen MR) is 124 cm³/mol. The van der Waals surface area contributed by atoms with Gasteiger partial charge in [-0.05, 0) is 51.8 Å². The maximum Gasteiger partial charge on any atom is 0.255 e. The highest BCUT2D eigenvalue weighted by atomic mass is 19.1. The van der Waals surface area contributed by atoms with Crippen molar-refractivity contribution in [3.8, 4) is 5.75 Å². The van der Waals surface area contributed by atoms with Gasteiger partial charge in [-0.1, -0.05) is 0 Å². The van der Waals surface area contributed by atoms with Crippen molar-refractivity contribution in [2.75, 3.05) is 14.1 Å². The Hall–Kier alpha value is -3.28. The minimum Gasteiger partial charge on any atom is -0.508 e. The number of hydrogen-bond donors (Lipinski definition) is 6. The number of carbonyl (C=O) groups is 3. The van der Waals surface area contributed by atoms with Crippen molar-refractivity contribution in [2.24, 2.45) is 17.6 Å². The molecular formula is C25H28FN3O7. The fourth-order valence-corrected chi connectivity index (χ4v) is 6.02. The lowest BCUT2D eigenvalue weighted by Gasteiger charge is -2.50. The second-order valence-corrected chi connectivity index (χ2v) is 10.3. The molecule has 2 fully saturated rings. The van der Waals surface area contributed by atoms with E-state index in [0.717, 1.165) is 12.8 Å². The normalized spacial score (nSPS) is 29.9. The average molecular weight is 502 g/mol. The van der Waals surface area contributed by atoms with Gasteiger partial charge in [-0.3, -0.25) is 19.3 Å². The van der Waals surface area contributed by atoms with Crippen LogP contribution in [0, 0.1) is 17.7 Å². The van der Waals surface area contributed by atoms with Crippen molar-refractivity contribution in [3.05, 3.63) is 45.5 Å². The summed E-state index contributed by atoms with van der Waals surface area (Å²) in [6, 6.07) is 0.304. The summed E-state index contributed by atoms with van der Waals surface area (Å²) >= 11 is 0. The van der Waals surface area contributed by atoms with Gasteiger partial charge in [0.15, 0.2) is 11.4 Å². The zero-order valence-electron chi connectivity index (χ0n) is 19.8. The molecule has 0 unspecified atom stereocenters. The number of rotatable bonds is 5. The van der Waals surface area contributed by atoms with E-state index >= 15 is 4.39 Å². The van der Waals surface area contributed by atoms with Gasteiger partial charge in [-0.25, -0.2) is 4.39 Å². The summed E-state index contributed by atoms with van der Waals surface area (Å²) < 4.78 is 15.5. The molecule has 0 spiro atoms. The van der Waals surface area contributed by atoms with Crippen molar-refractivity contribution in [1.29, 1.82) is 0 Å². The smallest absolute Gasteiger partial charge is 0.255 e. The molecule has 4 aliphatic carbocycles. The van der Waals surface area contributed by atoms with Crippen LogP contribution in [0.5, 0.6) is 5.75 Å². The summed E-state index contributed by atoms with van der Waals surface area (Å²) in [5.41, 5.74) is 1.41. The lowest BCUT2D eigenvalue weighted by atomic mass is 9.57. The lowest BCUT2D eigenvalue weighted by molar-refractivity contribution is -0.153. The number of phenolic OH excluding ortho intramolecular Hbond substituents is 1. The van der Waals surface area contributed by atoms with Crippen LogP contribution in [0.4, 0.5) is 4.39 Å². The van der Waals surface area contributed by atoms with Crippen LogP contribution in [-0.2, 0) is 27.3 Å². The van der Waals surface area contributed by atoms with Crippen LogP contribution in [0.1, 0.15) is 36.0 Å². The average Bonchev–Trinajstić information content (AvgIpc) is 3.61. The van der Waals surface area contributed by atoms with Gasteiger partial charge < -0.3 is 31.5 Å². The summed E-state index contributed by atoms with van der Waals surface area (Å²) in [5, 5.41) is 47.3. The lowest BCUT2D eigenvalue weighted by Crippen LogP contribution is -2.65. The van der Waals surface area contributed by atoms with Gasteiger partial charge in [0.1, 0.15) is 28.7 Å². The molecule has 2 saturated carbocycles. The number of aliphatic hydroxyl groups excluding tert-OH is 2. The largest absolute Gasteiger partial charge is 0.508 e. The highest BCUT2D eigenvalue weighted by Gasteiger charge is 2.64. The molecule has 0 saturated heterocycles. The van der Waals surface area contributed by atoms with E-state index < -0.39 is 69.6 Å². The number of benzene rings is 1. The Morgan fingerprint density at radius 2 is 1.92 bits per heavy atom. The van der Waals surface area contributed by atoms with Crippen molar-refractivity contribution in [2.45, 2.75) is 49.9 Å². The van der Waals surface area contributed by atoms with Crippen molar-refractivity contribution < 1.29 is 39.2 Å². The van der Waals surface area contributed by atoms with Gasteiger partial charge in [0.2, 0.25) is 5.78 Å². The zero-order chi connectivity index (χ0) is 26.3. The van der Waals surface area contributed by atoms with E-state index in [2.05, 4.69) is 5.32 Å². The molecule has 1 aromatic rings. The fourth-order valence-electron chi connectivity index (χ4n) is 6.02. The number of primary amides is 1. The summed E-state index contributed by atoms with van der Waals surface area (Å²) in [5.74, 6) is -8.17. The van der Waals surface area contributed by atoms with E-state index in [-0.39, 0.29) is 41.6 Å². The molecule has 1 amide bonds. The van der Waals surface area contributed by atoms with Crippen LogP contribution < -0.4 is 11.1 Å². The fraction of sp³-hybridized carbons (Fsp3) is 0.480. The van der Waals surface area contributed by atoms with E-state index in [1.165, 1.54) is 25.1 Å². The number of hydrogen-bond acceptors (Lipinski definition) is 9. The standard InChI is InChI=1S/C25H28FN3O7/c1-29(2)19-13-6-9-5-12-16(14(30)7-10(18(12)26)8-28-11-3-4-11)20(31)15(9)22(33)25(13,36)23(34)17(21(19)32)24(27)35/h7,9,11,13,19,28,30-31,34,36H,3-6,8H2,1-2H3,(H2,27,35)/t9-,13-,19-,25-/m0/s1. The molecule has 0 radical (unpaired) electrons.